The van der Waals surface area contributed by atoms with Crippen molar-refractivity contribution in [3.05, 3.63) is 42.0 Å². The first-order valence-corrected chi connectivity index (χ1v) is 8.27. The van der Waals surface area contributed by atoms with Crippen LogP contribution < -0.4 is 4.74 Å². The van der Waals surface area contributed by atoms with Crippen molar-refractivity contribution in [1.29, 1.82) is 0 Å². The summed E-state index contributed by atoms with van der Waals surface area (Å²) in [5.41, 5.74) is -0.717. The van der Waals surface area contributed by atoms with Gasteiger partial charge in [-0.2, -0.15) is 0 Å². The Bertz CT molecular complexity index is 558. The lowest BCUT2D eigenvalue weighted by atomic mass is 9.78. The van der Waals surface area contributed by atoms with Gasteiger partial charge in [-0.05, 0) is 44.4 Å². The molecule has 0 saturated heterocycles. The lowest BCUT2D eigenvalue weighted by molar-refractivity contribution is -0.171. The highest BCUT2D eigenvalue weighted by molar-refractivity contribution is 6.00. The van der Waals surface area contributed by atoms with Crippen molar-refractivity contribution in [2.24, 2.45) is 5.41 Å². The zero-order valence-electron chi connectivity index (χ0n) is 15.0. The van der Waals surface area contributed by atoms with Crippen molar-refractivity contribution < 1.29 is 28.9 Å². The van der Waals surface area contributed by atoms with Gasteiger partial charge in [0.25, 0.3) is 0 Å². The van der Waals surface area contributed by atoms with E-state index in [4.69, 9.17) is 19.3 Å². The van der Waals surface area contributed by atoms with Gasteiger partial charge in [-0.15, -0.1) is 0 Å². The molecule has 0 spiro atoms. The number of carbonyl (C=O) groups excluding carboxylic acids is 2. The average molecular weight is 350 g/mol. The molecule has 6 nitrogen and oxygen atoms in total. The van der Waals surface area contributed by atoms with Crippen molar-refractivity contribution in [2.45, 2.75) is 26.7 Å². The van der Waals surface area contributed by atoms with Gasteiger partial charge >= 0.3 is 11.9 Å². The van der Waals surface area contributed by atoms with Gasteiger partial charge in [0.1, 0.15) is 5.75 Å². The first-order valence-electron chi connectivity index (χ1n) is 8.27. The maximum absolute atomic E-state index is 12.7. The Morgan fingerprint density at radius 3 is 2.04 bits per heavy atom. The van der Waals surface area contributed by atoms with Gasteiger partial charge in [-0.3, -0.25) is 9.59 Å². The molecule has 0 aromatic heterocycles. The minimum Gasteiger partial charge on any atom is -0.497 e. The molecular weight excluding hydrogens is 324 g/mol. The largest absolute Gasteiger partial charge is 0.497 e. The van der Waals surface area contributed by atoms with Crippen LogP contribution in [-0.4, -0.2) is 44.0 Å². The number of benzene rings is 1. The minimum atomic E-state index is -1.49. The SMILES string of the molecule is CCOC(=O)C(C/C=C\CO)(Cc1ccc(OC)cc1)C(=O)OCC. The molecule has 1 N–H and O–H groups in total. The van der Waals surface area contributed by atoms with Gasteiger partial charge in [0.05, 0.1) is 26.9 Å². The number of aliphatic hydroxyl groups excluding tert-OH is 1. The van der Waals surface area contributed by atoms with Gasteiger partial charge in [0.2, 0.25) is 0 Å². The number of carbonyl (C=O) groups is 2. The van der Waals surface area contributed by atoms with E-state index in [1.165, 1.54) is 6.08 Å². The highest BCUT2D eigenvalue weighted by Gasteiger charge is 2.48. The normalized spacial score (nSPS) is 11.4. The number of esters is 2. The van der Waals surface area contributed by atoms with Crippen LogP contribution in [0.25, 0.3) is 0 Å². The van der Waals surface area contributed by atoms with E-state index < -0.39 is 17.4 Å². The maximum Gasteiger partial charge on any atom is 0.324 e. The number of rotatable bonds is 10. The Balaban J connectivity index is 3.25. The summed E-state index contributed by atoms with van der Waals surface area (Å²) in [5, 5.41) is 8.96. The maximum atomic E-state index is 12.7. The summed E-state index contributed by atoms with van der Waals surface area (Å²) >= 11 is 0. The number of ether oxygens (including phenoxy) is 3. The molecule has 1 rings (SSSR count). The van der Waals surface area contributed by atoms with Gasteiger partial charge in [-0.25, -0.2) is 0 Å². The smallest absolute Gasteiger partial charge is 0.324 e. The van der Waals surface area contributed by atoms with E-state index in [2.05, 4.69) is 0 Å². The third-order valence-corrected chi connectivity index (χ3v) is 3.74. The number of hydrogen-bond acceptors (Lipinski definition) is 6. The minimum absolute atomic E-state index is 0.0806. The first-order chi connectivity index (χ1) is 12.0. The number of allylic oxidation sites excluding steroid dienone is 1. The molecule has 0 amide bonds. The van der Waals surface area contributed by atoms with Crippen molar-refractivity contribution in [3.63, 3.8) is 0 Å². The standard InChI is InChI=1S/C19H26O6/c1-4-24-17(21)19(12-6-7-13-20,18(22)25-5-2)14-15-8-10-16(23-3)11-9-15/h6-11,20H,4-5,12-14H2,1-3H3/b7-6-. The van der Waals surface area contributed by atoms with Crippen molar-refractivity contribution in [1.82, 2.24) is 0 Å². The Morgan fingerprint density at radius 1 is 1.04 bits per heavy atom. The fraction of sp³-hybridized carbons (Fsp3) is 0.474. The molecule has 0 unspecified atom stereocenters. The summed E-state index contributed by atoms with van der Waals surface area (Å²) in [4.78, 5) is 25.3. The molecule has 0 aliphatic heterocycles. The predicted molar refractivity (Wildman–Crippen MR) is 93.2 cm³/mol. The highest BCUT2D eigenvalue weighted by atomic mass is 16.6. The summed E-state index contributed by atoms with van der Waals surface area (Å²) in [5.74, 6) is -0.583. The zero-order chi connectivity index (χ0) is 18.7. The van der Waals surface area contributed by atoms with Crippen LogP contribution in [0.15, 0.2) is 36.4 Å². The first kappa shape index (κ1) is 20.7. The van der Waals surface area contributed by atoms with Crippen LogP contribution in [0.1, 0.15) is 25.8 Å². The van der Waals surface area contributed by atoms with Crippen LogP contribution in [0.3, 0.4) is 0 Å². The third-order valence-electron chi connectivity index (χ3n) is 3.74. The molecule has 1 aromatic rings. The fourth-order valence-corrected chi connectivity index (χ4v) is 2.46. The van der Waals surface area contributed by atoms with Crippen LogP contribution in [0.4, 0.5) is 0 Å². The molecule has 6 heteroatoms. The van der Waals surface area contributed by atoms with Crippen molar-refractivity contribution in [3.8, 4) is 5.75 Å². The molecule has 1 aromatic carbocycles. The second-order valence-corrected chi connectivity index (χ2v) is 5.41. The van der Waals surface area contributed by atoms with Crippen LogP contribution in [0, 0.1) is 5.41 Å². The monoisotopic (exact) mass is 350 g/mol. The van der Waals surface area contributed by atoms with Crippen molar-refractivity contribution >= 4 is 11.9 Å². The molecule has 0 saturated carbocycles. The van der Waals surface area contributed by atoms with Gasteiger partial charge in [0, 0.05) is 0 Å². The lowest BCUT2D eigenvalue weighted by Gasteiger charge is -2.28. The van der Waals surface area contributed by atoms with Crippen LogP contribution >= 0.6 is 0 Å². The van der Waals surface area contributed by atoms with E-state index in [1.54, 1.807) is 51.3 Å². The number of aliphatic hydroxyl groups is 1. The second kappa shape index (κ2) is 10.5. The molecule has 138 valence electrons. The highest BCUT2D eigenvalue weighted by Crippen LogP contribution is 2.32. The predicted octanol–water partition coefficient (Wildman–Crippen LogP) is 2.29. The van der Waals surface area contributed by atoms with Gasteiger partial charge in [0.15, 0.2) is 5.41 Å². The molecule has 0 bridgehead atoms. The van der Waals surface area contributed by atoms with Gasteiger partial charge < -0.3 is 19.3 Å². The zero-order valence-corrected chi connectivity index (χ0v) is 15.0. The Hall–Kier alpha value is -2.34. The van der Waals surface area contributed by atoms with Crippen molar-refractivity contribution in [2.75, 3.05) is 26.9 Å². The molecule has 0 heterocycles. The van der Waals surface area contributed by atoms with E-state index in [0.29, 0.717) is 5.75 Å². The summed E-state index contributed by atoms with van der Waals surface area (Å²) in [7, 11) is 1.57. The molecule has 0 fully saturated rings. The quantitative estimate of drug-likeness (QED) is 0.396. The summed E-state index contributed by atoms with van der Waals surface area (Å²) in [6, 6.07) is 7.11. The Labute approximate surface area is 148 Å². The molecule has 0 aliphatic carbocycles. The van der Waals surface area contributed by atoms with E-state index in [0.717, 1.165) is 5.56 Å². The second-order valence-electron chi connectivity index (χ2n) is 5.41. The Morgan fingerprint density at radius 2 is 1.60 bits per heavy atom. The fourth-order valence-electron chi connectivity index (χ4n) is 2.46. The summed E-state index contributed by atoms with van der Waals surface area (Å²) in [6.45, 7) is 3.51. The number of hydrogen-bond donors (Lipinski definition) is 1. The van der Waals surface area contributed by atoms with E-state index >= 15 is 0 Å². The topological polar surface area (TPSA) is 82.1 Å². The van der Waals surface area contributed by atoms with E-state index in [-0.39, 0.29) is 32.7 Å². The van der Waals surface area contributed by atoms with Gasteiger partial charge in [-0.1, -0.05) is 24.3 Å². The molecule has 0 aliphatic rings. The molecule has 25 heavy (non-hydrogen) atoms. The lowest BCUT2D eigenvalue weighted by Crippen LogP contribution is -2.43. The van der Waals surface area contributed by atoms with Crippen LogP contribution in [0.5, 0.6) is 5.75 Å². The molecular formula is C19H26O6. The van der Waals surface area contributed by atoms with Crippen LogP contribution in [-0.2, 0) is 25.5 Å². The molecule has 0 atom stereocenters. The average Bonchev–Trinajstić information content (AvgIpc) is 2.62. The Kier molecular flexibility index (Phi) is 8.70. The van der Waals surface area contributed by atoms with E-state index in [9.17, 15) is 9.59 Å². The summed E-state index contributed by atoms with van der Waals surface area (Å²) in [6.07, 6.45) is 3.29. The third kappa shape index (κ3) is 5.60. The summed E-state index contributed by atoms with van der Waals surface area (Å²) < 4.78 is 15.5. The molecule has 0 radical (unpaired) electrons. The number of methoxy groups -OCH3 is 1. The van der Waals surface area contributed by atoms with E-state index in [1.807, 2.05) is 0 Å². The van der Waals surface area contributed by atoms with Crippen LogP contribution in [0.2, 0.25) is 0 Å².